The van der Waals surface area contributed by atoms with Crippen LogP contribution in [0.25, 0.3) is 0 Å². The molecule has 0 saturated heterocycles. The van der Waals surface area contributed by atoms with Crippen molar-refractivity contribution in [2.45, 2.75) is 63.3 Å². The van der Waals surface area contributed by atoms with Crippen LogP contribution in [0, 0.1) is 5.92 Å². The summed E-state index contributed by atoms with van der Waals surface area (Å²) >= 11 is 0. The highest BCUT2D eigenvalue weighted by Gasteiger charge is 2.36. The molecule has 0 saturated carbocycles. The van der Waals surface area contributed by atoms with Gasteiger partial charge in [-0.25, -0.2) is 0 Å². The summed E-state index contributed by atoms with van der Waals surface area (Å²) in [5.41, 5.74) is 5.85. The van der Waals surface area contributed by atoms with Crippen LogP contribution in [0.4, 0.5) is 0 Å². The molecule has 6 aromatic carbocycles. The van der Waals surface area contributed by atoms with Crippen LogP contribution in [-0.4, -0.2) is 42.5 Å². The fourth-order valence-corrected chi connectivity index (χ4v) is 7.62. The van der Waals surface area contributed by atoms with Crippen molar-refractivity contribution < 1.29 is 29.0 Å². The number of ether oxygens (including phenoxy) is 2. The average Bonchev–Trinajstić information content (AvgIpc) is 3.30. The van der Waals surface area contributed by atoms with Crippen molar-refractivity contribution in [3.63, 3.8) is 0 Å². The predicted molar refractivity (Wildman–Crippen MR) is 235 cm³/mol. The van der Waals surface area contributed by atoms with Gasteiger partial charge >= 0.3 is 5.97 Å². The second-order valence-electron chi connectivity index (χ2n) is 15.0. The van der Waals surface area contributed by atoms with Gasteiger partial charge in [0.15, 0.2) is 5.78 Å². The number of hydrogen-bond donors (Lipinski definition) is 3. The van der Waals surface area contributed by atoms with Crippen LogP contribution in [0.15, 0.2) is 170 Å². The van der Waals surface area contributed by atoms with Crippen molar-refractivity contribution in [3.8, 4) is 5.75 Å². The van der Waals surface area contributed by atoms with Crippen molar-refractivity contribution in [3.05, 3.63) is 209 Å². The number of esters is 1. The third-order valence-corrected chi connectivity index (χ3v) is 10.9. The standard InChI is InChI=1S/C52H54N2O6/c1-59-47-31-29-46(30-32-47)52(44-20-10-4-11-21-44,45-22-12-5-13-23-45)53-33-15-14-24-48(49(56)35-40-25-27-41(37-55)28-26-40)54-51(58)43(34-39-16-6-2-7-17-39)36-50(57)60-38-42-18-8-3-9-19-42/h2-13,16-23,25-32,43,48,53,55H,14-15,24,33-38H2,1H3,(H,54,58)/t43-,48+/m1/s1. The summed E-state index contributed by atoms with van der Waals surface area (Å²) in [5.74, 6) is -0.956. The van der Waals surface area contributed by atoms with Crippen molar-refractivity contribution in [2.24, 2.45) is 5.92 Å². The molecule has 0 bridgehead atoms. The van der Waals surface area contributed by atoms with Crippen LogP contribution in [0.2, 0.25) is 0 Å². The van der Waals surface area contributed by atoms with E-state index >= 15 is 0 Å². The first-order valence-electron chi connectivity index (χ1n) is 20.6. The average molecular weight is 803 g/mol. The highest BCUT2D eigenvalue weighted by atomic mass is 16.5. The van der Waals surface area contributed by atoms with E-state index in [1.807, 2.05) is 121 Å². The van der Waals surface area contributed by atoms with Crippen LogP contribution in [0.3, 0.4) is 0 Å². The zero-order valence-electron chi connectivity index (χ0n) is 34.2. The lowest BCUT2D eigenvalue weighted by atomic mass is 9.77. The van der Waals surface area contributed by atoms with Crippen LogP contribution < -0.4 is 15.4 Å². The molecular formula is C52H54N2O6. The van der Waals surface area contributed by atoms with Crippen LogP contribution in [0.1, 0.15) is 64.6 Å². The van der Waals surface area contributed by atoms with Crippen LogP contribution in [0.5, 0.6) is 5.75 Å². The smallest absolute Gasteiger partial charge is 0.306 e. The number of benzene rings is 6. The van der Waals surface area contributed by atoms with Crippen LogP contribution in [-0.2, 0) is 50.7 Å². The van der Waals surface area contributed by atoms with Crippen molar-refractivity contribution in [1.29, 1.82) is 0 Å². The number of carbonyl (C=O) groups is 3. The van der Waals surface area contributed by atoms with E-state index in [0.29, 0.717) is 32.2 Å². The van der Waals surface area contributed by atoms with Crippen molar-refractivity contribution in [1.82, 2.24) is 10.6 Å². The first kappa shape index (κ1) is 43.2. The molecule has 8 heteroatoms. The van der Waals surface area contributed by atoms with Crippen molar-refractivity contribution in [2.75, 3.05) is 13.7 Å². The van der Waals surface area contributed by atoms with E-state index in [0.717, 1.165) is 44.7 Å². The van der Waals surface area contributed by atoms with Gasteiger partial charge in [0, 0.05) is 6.42 Å². The molecule has 0 unspecified atom stereocenters. The Hall–Kier alpha value is -6.35. The number of aliphatic hydroxyl groups is 1. The maximum absolute atomic E-state index is 14.2. The molecule has 2 atom stereocenters. The molecule has 60 heavy (non-hydrogen) atoms. The van der Waals surface area contributed by atoms with Crippen LogP contribution >= 0.6 is 0 Å². The molecule has 0 heterocycles. The first-order chi connectivity index (χ1) is 29.4. The number of rotatable bonds is 22. The summed E-state index contributed by atoms with van der Waals surface area (Å²) in [6, 6.07) is 54.3. The van der Waals surface area contributed by atoms with Gasteiger partial charge in [-0.05, 0) is 83.3 Å². The summed E-state index contributed by atoms with van der Waals surface area (Å²) in [7, 11) is 1.66. The fourth-order valence-electron chi connectivity index (χ4n) is 7.62. The van der Waals surface area contributed by atoms with E-state index in [2.05, 4.69) is 47.0 Å². The monoisotopic (exact) mass is 802 g/mol. The number of hydrogen-bond acceptors (Lipinski definition) is 7. The predicted octanol–water partition coefficient (Wildman–Crippen LogP) is 8.53. The lowest BCUT2D eigenvalue weighted by Crippen LogP contribution is -2.46. The lowest BCUT2D eigenvalue weighted by molar-refractivity contribution is -0.148. The maximum Gasteiger partial charge on any atom is 0.306 e. The minimum absolute atomic E-state index is 0.0914. The van der Waals surface area contributed by atoms with Gasteiger partial charge in [-0.1, -0.05) is 158 Å². The highest BCUT2D eigenvalue weighted by molar-refractivity contribution is 5.92. The van der Waals surface area contributed by atoms with Gasteiger partial charge in [0.05, 0.1) is 37.6 Å². The minimum atomic E-state index is -0.789. The number of unbranched alkanes of at least 4 members (excludes halogenated alkanes) is 1. The summed E-state index contributed by atoms with van der Waals surface area (Å²) < 4.78 is 11.1. The SMILES string of the molecule is COc1ccc(C(NCCCC[C@H](NC(=O)[C@@H](CC(=O)OCc2ccccc2)Cc2ccccc2)C(=O)Cc2ccc(CO)cc2)(c2ccccc2)c2ccccc2)cc1. The Morgan fingerprint density at radius 2 is 1.15 bits per heavy atom. The quantitative estimate of drug-likeness (QED) is 0.0359. The number of carbonyl (C=O) groups excluding carboxylic acids is 3. The van der Waals surface area contributed by atoms with Gasteiger partial charge < -0.3 is 19.9 Å². The Labute approximate surface area is 353 Å². The van der Waals surface area contributed by atoms with Gasteiger partial charge in [-0.15, -0.1) is 0 Å². The number of Topliss-reactive ketones (excluding diaryl/α,β-unsaturated/α-hetero) is 1. The molecule has 0 aliphatic heterocycles. The summed E-state index contributed by atoms with van der Waals surface area (Å²) in [5, 5.41) is 16.6. The third-order valence-electron chi connectivity index (χ3n) is 10.9. The number of aliphatic hydroxyl groups excluding tert-OH is 1. The molecule has 0 aromatic heterocycles. The minimum Gasteiger partial charge on any atom is -0.497 e. The largest absolute Gasteiger partial charge is 0.497 e. The van der Waals surface area contributed by atoms with Gasteiger partial charge in [0.2, 0.25) is 5.91 Å². The second kappa shape index (κ2) is 22.1. The fraction of sp³-hybridized carbons (Fsp3) is 0.250. The Kier molecular flexibility index (Phi) is 16.0. The summed E-state index contributed by atoms with van der Waals surface area (Å²) in [6.45, 7) is 0.626. The van der Waals surface area contributed by atoms with Gasteiger partial charge in [0.1, 0.15) is 12.4 Å². The first-order valence-corrected chi connectivity index (χ1v) is 20.6. The molecule has 0 fully saturated rings. The van der Waals surface area contributed by atoms with Gasteiger partial charge in [-0.3, -0.25) is 19.7 Å². The van der Waals surface area contributed by atoms with E-state index in [1.54, 1.807) is 19.2 Å². The van der Waals surface area contributed by atoms with E-state index < -0.39 is 23.5 Å². The molecule has 0 radical (unpaired) electrons. The molecule has 3 N–H and O–H groups in total. The zero-order chi connectivity index (χ0) is 42.0. The van der Waals surface area contributed by atoms with E-state index in [4.69, 9.17) is 9.47 Å². The highest BCUT2D eigenvalue weighted by Crippen LogP contribution is 2.37. The molecule has 308 valence electrons. The topological polar surface area (TPSA) is 114 Å². The second-order valence-corrected chi connectivity index (χ2v) is 15.0. The number of methoxy groups -OCH3 is 1. The molecule has 0 aliphatic rings. The Morgan fingerprint density at radius 1 is 0.617 bits per heavy atom. The number of amides is 1. The zero-order valence-corrected chi connectivity index (χ0v) is 34.2. The molecular weight excluding hydrogens is 749 g/mol. The Bertz CT molecular complexity index is 2180. The number of ketones is 1. The molecule has 6 aromatic rings. The molecule has 0 aliphatic carbocycles. The summed E-state index contributed by atoms with van der Waals surface area (Å²) in [4.78, 5) is 41.5. The molecule has 8 nitrogen and oxygen atoms in total. The molecule has 1 amide bonds. The van der Waals surface area contributed by atoms with Gasteiger partial charge in [-0.2, -0.15) is 0 Å². The molecule has 0 spiro atoms. The Morgan fingerprint density at radius 3 is 1.72 bits per heavy atom. The Balaban J connectivity index is 1.20. The lowest BCUT2D eigenvalue weighted by Gasteiger charge is -2.37. The van der Waals surface area contributed by atoms with Gasteiger partial charge in [0.25, 0.3) is 0 Å². The number of nitrogens with one attached hydrogen (secondary N) is 2. The maximum atomic E-state index is 14.2. The normalized spacial score (nSPS) is 12.2. The third kappa shape index (κ3) is 11.9. The summed E-state index contributed by atoms with van der Waals surface area (Å²) in [6.07, 6.45) is 2.05. The van der Waals surface area contributed by atoms with E-state index in [-0.39, 0.29) is 37.7 Å². The van der Waals surface area contributed by atoms with Crippen molar-refractivity contribution >= 4 is 17.7 Å². The van der Waals surface area contributed by atoms with E-state index in [9.17, 15) is 19.5 Å². The molecule has 6 rings (SSSR count). The van der Waals surface area contributed by atoms with E-state index in [1.165, 1.54) is 0 Å².